The molecule has 10 heteroatoms. The van der Waals surface area contributed by atoms with Gasteiger partial charge in [0.15, 0.2) is 5.69 Å². The Hall–Kier alpha value is -1.74. The lowest BCUT2D eigenvalue weighted by Crippen LogP contribution is -2.47. The van der Waals surface area contributed by atoms with Gasteiger partial charge in [-0.2, -0.15) is 0 Å². The maximum atomic E-state index is 12.4. The summed E-state index contributed by atoms with van der Waals surface area (Å²) in [4.78, 5) is 16.6. The number of nitrogens with one attached hydrogen (secondary N) is 2. The molecule has 2 aromatic rings. The van der Waals surface area contributed by atoms with Crippen molar-refractivity contribution in [2.75, 3.05) is 33.4 Å². The number of nitrogens with zero attached hydrogens (tertiary/aromatic N) is 4. The van der Waals surface area contributed by atoms with Crippen molar-refractivity contribution in [1.82, 2.24) is 30.6 Å². The molecule has 150 valence electrons. The molecule has 3 rings (SSSR count). The SMILES string of the molecule is COCC1(CNC(=O)c2cn(Cc3ccccn3)nn2)CCNCC1.Cl.Cl. The zero-order valence-corrected chi connectivity index (χ0v) is 16.9. The third-order valence-electron chi connectivity index (χ3n) is 4.56. The van der Waals surface area contributed by atoms with E-state index in [0.717, 1.165) is 31.6 Å². The van der Waals surface area contributed by atoms with Gasteiger partial charge in [0.25, 0.3) is 5.91 Å². The molecule has 0 aromatic carbocycles. The van der Waals surface area contributed by atoms with Crippen LogP contribution < -0.4 is 10.6 Å². The quantitative estimate of drug-likeness (QED) is 0.706. The van der Waals surface area contributed by atoms with Crippen molar-refractivity contribution in [2.45, 2.75) is 19.4 Å². The third kappa shape index (κ3) is 6.42. The number of amides is 1. The Morgan fingerprint density at radius 3 is 2.78 bits per heavy atom. The normalized spacial score (nSPS) is 15.3. The topological polar surface area (TPSA) is 94.0 Å². The summed E-state index contributed by atoms with van der Waals surface area (Å²) >= 11 is 0. The monoisotopic (exact) mass is 416 g/mol. The van der Waals surface area contributed by atoms with Gasteiger partial charge in [0.05, 0.1) is 25.0 Å². The van der Waals surface area contributed by atoms with E-state index in [0.29, 0.717) is 25.4 Å². The van der Waals surface area contributed by atoms with Crippen LogP contribution in [0.3, 0.4) is 0 Å². The first-order valence-corrected chi connectivity index (χ1v) is 8.49. The molecule has 0 radical (unpaired) electrons. The van der Waals surface area contributed by atoms with Crippen molar-refractivity contribution >= 4 is 30.7 Å². The number of aromatic nitrogens is 4. The van der Waals surface area contributed by atoms with Crippen LogP contribution in [0.2, 0.25) is 0 Å². The second-order valence-corrected chi connectivity index (χ2v) is 6.49. The van der Waals surface area contributed by atoms with E-state index in [4.69, 9.17) is 4.74 Å². The summed E-state index contributed by atoms with van der Waals surface area (Å²) in [5, 5.41) is 14.3. The number of hydrogen-bond acceptors (Lipinski definition) is 6. The molecule has 27 heavy (non-hydrogen) atoms. The minimum Gasteiger partial charge on any atom is -0.384 e. The molecule has 1 fully saturated rings. The number of carbonyl (C=O) groups is 1. The number of carbonyl (C=O) groups excluding carboxylic acids is 1. The lowest BCUT2D eigenvalue weighted by Gasteiger charge is -2.37. The van der Waals surface area contributed by atoms with Crippen LogP contribution in [0.4, 0.5) is 0 Å². The van der Waals surface area contributed by atoms with Crippen LogP contribution in [0.5, 0.6) is 0 Å². The fourth-order valence-corrected chi connectivity index (χ4v) is 3.13. The predicted octanol–water partition coefficient (Wildman–Crippen LogP) is 1.31. The highest BCUT2D eigenvalue weighted by Gasteiger charge is 2.32. The Balaban J connectivity index is 0.00000182. The minimum atomic E-state index is -0.207. The molecular formula is C17H26Cl2N6O2. The number of methoxy groups -OCH3 is 1. The van der Waals surface area contributed by atoms with Gasteiger partial charge in [0.2, 0.25) is 0 Å². The van der Waals surface area contributed by atoms with Crippen LogP contribution in [0, 0.1) is 5.41 Å². The molecule has 1 saturated heterocycles. The van der Waals surface area contributed by atoms with E-state index in [1.54, 1.807) is 24.2 Å². The molecule has 8 nitrogen and oxygen atoms in total. The highest BCUT2D eigenvalue weighted by Crippen LogP contribution is 2.28. The minimum absolute atomic E-state index is 0. The van der Waals surface area contributed by atoms with E-state index in [1.807, 2.05) is 18.2 Å². The summed E-state index contributed by atoms with van der Waals surface area (Å²) in [6.07, 6.45) is 5.34. The molecule has 3 heterocycles. The number of ether oxygens (including phenoxy) is 1. The van der Waals surface area contributed by atoms with Crippen molar-refractivity contribution in [3.8, 4) is 0 Å². The van der Waals surface area contributed by atoms with Crippen molar-refractivity contribution < 1.29 is 9.53 Å². The summed E-state index contributed by atoms with van der Waals surface area (Å²) in [5.41, 5.74) is 1.17. The highest BCUT2D eigenvalue weighted by atomic mass is 35.5. The van der Waals surface area contributed by atoms with Crippen molar-refractivity contribution in [3.05, 3.63) is 42.0 Å². The summed E-state index contributed by atoms with van der Waals surface area (Å²) in [6.45, 7) is 3.59. The van der Waals surface area contributed by atoms with Gasteiger partial charge in [-0.05, 0) is 38.1 Å². The number of halogens is 2. The average molecular weight is 417 g/mol. The summed E-state index contributed by atoms with van der Waals surface area (Å²) < 4.78 is 6.99. The summed E-state index contributed by atoms with van der Waals surface area (Å²) in [6, 6.07) is 5.69. The largest absolute Gasteiger partial charge is 0.384 e. The standard InChI is InChI=1S/C17H24N6O2.2ClH/c1-25-13-17(5-8-18-9-6-17)12-20-16(24)15-11-23(22-21-15)10-14-4-2-3-7-19-14;;/h2-4,7,11,18H,5-6,8-10,12-13H2,1H3,(H,20,24);2*1H. The average Bonchev–Trinajstić information content (AvgIpc) is 3.10. The summed E-state index contributed by atoms with van der Waals surface area (Å²) in [5.74, 6) is -0.207. The van der Waals surface area contributed by atoms with E-state index in [-0.39, 0.29) is 36.1 Å². The molecule has 0 saturated carbocycles. The fourth-order valence-electron chi connectivity index (χ4n) is 3.13. The maximum absolute atomic E-state index is 12.4. The van der Waals surface area contributed by atoms with E-state index < -0.39 is 0 Å². The second-order valence-electron chi connectivity index (χ2n) is 6.49. The highest BCUT2D eigenvalue weighted by molar-refractivity contribution is 5.91. The lowest BCUT2D eigenvalue weighted by atomic mass is 9.79. The van der Waals surface area contributed by atoms with Gasteiger partial charge in [-0.25, -0.2) is 4.68 Å². The number of pyridine rings is 1. The van der Waals surface area contributed by atoms with Crippen molar-refractivity contribution in [3.63, 3.8) is 0 Å². The molecule has 0 aliphatic carbocycles. The van der Waals surface area contributed by atoms with Crippen LogP contribution in [0.25, 0.3) is 0 Å². The summed E-state index contributed by atoms with van der Waals surface area (Å²) in [7, 11) is 1.70. The van der Waals surface area contributed by atoms with E-state index in [1.165, 1.54) is 0 Å². The Labute approximate surface area is 171 Å². The Kier molecular flexibility index (Phi) is 9.65. The van der Waals surface area contributed by atoms with Crippen LogP contribution in [0.15, 0.2) is 30.6 Å². The molecule has 1 aliphatic rings. The molecule has 0 unspecified atom stereocenters. The predicted molar refractivity (Wildman–Crippen MR) is 107 cm³/mol. The van der Waals surface area contributed by atoms with Crippen molar-refractivity contribution in [2.24, 2.45) is 5.41 Å². The van der Waals surface area contributed by atoms with Gasteiger partial charge in [-0.15, -0.1) is 29.9 Å². The first kappa shape index (κ1) is 23.3. The number of rotatable bonds is 7. The van der Waals surface area contributed by atoms with Gasteiger partial charge >= 0.3 is 0 Å². The van der Waals surface area contributed by atoms with Gasteiger partial charge in [0.1, 0.15) is 0 Å². The van der Waals surface area contributed by atoms with Gasteiger partial charge < -0.3 is 15.4 Å². The molecular weight excluding hydrogens is 391 g/mol. The van der Waals surface area contributed by atoms with Crippen LogP contribution in [-0.4, -0.2) is 59.2 Å². The third-order valence-corrected chi connectivity index (χ3v) is 4.56. The van der Waals surface area contributed by atoms with Gasteiger partial charge in [-0.3, -0.25) is 9.78 Å². The molecule has 0 atom stereocenters. The molecule has 1 amide bonds. The van der Waals surface area contributed by atoms with Crippen LogP contribution >= 0.6 is 24.8 Å². The van der Waals surface area contributed by atoms with Crippen LogP contribution in [-0.2, 0) is 11.3 Å². The second kappa shape index (κ2) is 11.2. The first-order valence-electron chi connectivity index (χ1n) is 8.49. The first-order chi connectivity index (χ1) is 12.2. The Bertz CT molecular complexity index is 686. The zero-order valence-electron chi connectivity index (χ0n) is 15.3. The van der Waals surface area contributed by atoms with Gasteiger partial charge in [-0.1, -0.05) is 11.3 Å². The molecule has 0 spiro atoms. The Morgan fingerprint density at radius 2 is 2.11 bits per heavy atom. The molecule has 1 aliphatic heterocycles. The maximum Gasteiger partial charge on any atom is 0.273 e. The van der Waals surface area contributed by atoms with Gasteiger partial charge in [0, 0.05) is 25.3 Å². The fraction of sp³-hybridized carbons (Fsp3) is 0.529. The van der Waals surface area contributed by atoms with Crippen LogP contribution in [0.1, 0.15) is 29.0 Å². The molecule has 0 bridgehead atoms. The number of hydrogen-bond donors (Lipinski definition) is 2. The number of piperidine rings is 1. The van der Waals surface area contributed by atoms with Crippen molar-refractivity contribution in [1.29, 1.82) is 0 Å². The Morgan fingerprint density at radius 1 is 1.33 bits per heavy atom. The molecule has 2 N–H and O–H groups in total. The van der Waals surface area contributed by atoms with E-state index in [2.05, 4.69) is 25.9 Å². The lowest BCUT2D eigenvalue weighted by molar-refractivity contribution is 0.0510. The zero-order chi connectivity index (χ0) is 17.5. The van der Waals surface area contributed by atoms with E-state index in [9.17, 15) is 4.79 Å². The smallest absolute Gasteiger partial charge is 0.273 e. The van der Waals surface area contributed by atoms with E-state index >= 15 is 0 Å². The molecule has 2 aromatic heterocycles.